The highest BCUT2D eigenvalue weighted by Crippen LogP contribution is 2.35. The summed E-state index contributed by atoms with van der Waals surface area (Å²) in [6.45, 7) is -0.308. The van der Waals surface area contributed by atoms with Crippen LogP contribution in [-0.2, 0) is 9.59 Å². The number of H-pyrrole nitrogens is 1. The summed E-state index contributed by atoms with van der Waals surface area (Å²) in [5, 5.41) is 7.19. The molecule has 0 spiro atoms. The van der Waals surface area contributed by atoms with Crippen molar-refractivity contribution in [2.75, 3.05) is 16.8 Å². The van der Waals surface area contributed by atoms with Crippen molar-refractivity contribution in [3.05, 3.63) is 96.2 Å². The first-order valence-corrected chi connectivity index (χ1v) is 10.9. The fourth-order valence-electron chi connectivity index (χ4n) is 4.33. The van der Waals surface area contributed by atoms with Crippen LogP contribution >= 0.6 is 0 Å². The van der Waals surface area contributed by atoms with Crippen LogP contribution in [0.1, 0.15) is 22.1 Å². The number of anilines is 2. The lowest BCUT2D eigenvalue weighted by molar-refractivity contribution is -0.123. The number of benzene rings is 3. The number of amides is 3. The van der Waals surface area contributed by atoms with Crippen molar-refractivity contribution in [3.63, 3.8) is 0 Å². The molecule has 0 fully saturated rings. The third-order valence-corrected chi connectivity index (χ3v) is 5.91. The summed E-state index contributed by atoms with van der Waals surface area (Å²) in [7, 11) is 0. The van der Waals surface area contributed by atoms with E-state index in [1.807, 2.05) is 66.7 Å². The van der Waals surface area contributed by atoms with E-state index in [1.54, 1.807) is 18.2 Å². The Kier molecular flexibility index (Phi) is 5.47. The van der Waals surface area contributed by atoms with E-state index in [-0.39, 0.29) is 6.54 Å². The first kappa shape index (κ1) is 21.3. The van der Waals surface area contributed by atoms with Crippen molar-refractivity contribution in [1.29, 1.82) is 0 Å². The number of carbonyl (C=O) groups excluding carboxylic acids is 3. The number of carbonyl (C=O) groups is 3. The Morgan fingerprint density at radius 2 is 1.65 bits per heavy atom. The number of para-hydroxylation sites is 3. The van der Waals surface area contributed by atoms with Gasteiger partial charge in [-0.25, -0.2) is 0 Å². The zero-order valence-corrected chi connectivity index (χ0v) is 18.2. The highest BCUT2D eigenvalue weighted by molar-refractivity contribution is 6.08. The number of nitrogens with one attached hydrogen (secondary N) is 3. The molecule has 1 aliphatic rings. The molecular formula is C26H23N5O3. The van der Waals surface area contributed by atoms with E-state index >= 15 is 0 Å². The molecule has 0 saturated carbocycles. The van der Waals surface area contributed by atoms with Crippen molar-refractivity contribution < 1.29 is 14.4 Å². The van der Waals surface area contributed by atoms with E-state index in [0.29, 0.717) is 17.1 Å². The maximum atomic E-state index is 13.8. The van der Waals surface area contributed by atoms with Crippen molar-refractivity contribution >= 4 is 40.0 Å². The minimum Gasteiger partial charge on any atom is -0.374 e. The molecule has 0 saturated heterocycles. The highest BCUT2D eigenvalue weighted by atomic mass is 16.2. The van der Waals surface area contributed by atoms with E-state index in [4.69, 9.17) is 5.73 Å². The first-order chi connectivity index (χ1) is 16.5. The molecular weight excluding hydrogens is 430 g/mol. The van der Waals surface area contributed by atoms with Crippen molar-refractivity contribution in [3.8, 4) is 0 Å². The summed E-state index contributed by atoms with van der Waals surface area (Å²) >= 11 is 0. The van der Waals surface area contributed by atoms with E-state index in [1.165, 1.54) is 4.90 Å². The number of nitrogens with zero attached hydrogens (tertiary/aromatic N) is 1. The quantitative estimate of drug-likeness (QED) is 0.371. The molecule has 5 N–H and O–H groups in total. The average molecular weight is 454 g/mol. The highest BCUT2D eigenvalue weighted by Gasteiger charge is 2.39. The molecule has 0 bridgehead atoms. The summed E-state index contributed by atoms with van der Waals surface area (Å²) in [4.78, 5) is 43.4. The monoisotopic (exact) mass is 453 g/mol. The number of hydrogen-bond donors (Lipinski definition) is 4. The number of primary amides is 1. The maximum absolute atomic E-state index is 13.8. The van der Waals surface area contributed by atoms with E-state index in [9.17, 15) is 14.4 Å². The van der Waals surface area contributed by atoms with E-state index in [0.717, 1.165) is 16.5 Å². The Hall–Kier alpha value is -4.59. The average Bonchev–Trinajstić information content (AvgIpc) is 3.25. The Morgan fingerprint density at radius 3 is 2.41 bits per heavy atom. The van der Waals surface area contributed by atoms with Crippen LogP contribution in [0.5, 0.6) is 0 Å². The van der Waals surface area contributed by atoms with Crippen LogP contribution < -0.4 is 21.3 Å². The number of aromatic amines is 1. The molecule has 0 aliphatic carbocycles. The second-order valence-electron chi connectivity index (χ2n) is 8.16. The van der Waals surface area contributed by atoms with Gasteiger partial charge in [0.05, 0.1) is 17.4 Å². The van der Waals surface area contributed by atoms with E-state index in [2.05, 4.69) is 15.6 Å². The molecule has 1 aliphatic heterocycles. The molecule has 0 radical (unpaired) electrons. The molecule has 3 amide bonds. The minimum atomic E-state index is -1.01. The smallest absolute Gasteiger partial charge is 0.268 e. The van der Waals surface area contributed by atoms with Gasteiger partial charge in [-0.2, -0.15) is 0 Å². The molecule has 0 unspecified atom stereocenters. The van der Waals surface area contributed by atoms with E-state index < -0.39 is 29.8 Å². The van der Waals surface area contributed by atoms with Gasteiger partial charge in [-0.3, -0.25) is 19.3 Å². The Bertz CT molecular complexity index is 1350. The summed E-state index contributed by atoms with van der Waals surface area (Å²) in [5.41, 5.74) is 8.63. The Morgan fingerprint density at radius 1 is 0.941 bits per heavy atom. The lowest BCUT2D eigenvalue weighted by atomic mass is 9.98. The van der Waals surface area contributed by atoms with Crippen LogP contribution in [0.25, 0.3) is 10.9 Å². The van der Waals surface area contributed by atoms with Crippen LogP contribution in [0.2, 0.25) is 0 Å². The summed E-state index contributed by atoms with van der Waals surface area (Å²) in [6, 6.07) is 24.3. The van der Waals surface area contributed by atoms with Gasteiger partial charge in [0.15, 0.2) is 0 Å². The number of rotatable bonds is 5. The lowest BCUT2D eigenvalue weighted by Gasteiger charge is -2.28. The Balaban J connectivity index is 1.57. The third kappa shape index (κ3) is 3.97. The number of hydrogen-bond acceptors (Lipinski definition) is 4. The number of nitrogens with two attached hydrogens (primary N) is 1. The van der Waals surface area contributed by atoms with Gasteiger partial charge < -0.3 is 21.4 Å². The van der Waals surface area contributed by atoms with Crippen molar-refractivity contribution in [1.82, 2.24) is 10.3 Å². The van der Waals surface area contributed by atoms with Gasteiger partial charge in [0, 0.05) is 10.9 Å². The molecule has 3 aromatic carbocycles. The van der Waals surface area contributed by atoms with Crippen LogP contribution in [-0.4, -0.2) is 35.3 Å². The third-order valence-electron chi connectivity index (χ3n) is 5.91. The molecule has 8 heteroatoms. The topological polar surface area (TPSA) is 120 Å². The summed E-state index contributed by atoms with van der Waals surface area (Å²) in [6.07, 6.45) is 0. The standard InChI is InChI=1S/C26H23N5O3/c27-22(32)15-31-21-13-7-6-12-19(21)29-23(16-8-2-1-3-9-16)24(26(31)34)30-25(33)20-14-17-10-4-5-11-18(17)28-20/h1-14,23-24,28-29H,15H2,(H2,27,32)(H,30,33)/t23-,24+/m1/s1. The second kappa shape index (κ2) is 8.74. The molecule has 170 valence electrons. The molecule has 4 aromatic rings. The van der Waals surface area contributed by atoms with Gasteiger partial charge in [0.2, 0.25) is 5.91 Å². The lowest BCUT2D eigenvalue weighted by Crippen LogP contribution is -2.53. The summed E-state index contributed by atoms with van der Waals surface area (Å²) < 4.78 is 0. The molecule has 1 aromatic heterocycles. The second-order valence-corrected chi connectivity index (χ2v) is 8.16. The van der Waals surface area contributed by atoms with Gasteiger partial charge in [0.25, 0.3) is 11.8 Å². The molecule has 5 rings (SSSR count). The predicted molar refractivity (Wildman–Crippen MR) is 130 cm³/mol. The SMILES string of the molecule is NC(=O)CN1C(=O)[C@@H](NC(=O)c2cc3ccccc3[nH]2)[C@@H](c2ccccc2)Nc2ccccc21. The van der Waals surface area contributed by atoms with Gasteiger partial charge >= 0.3 is 0 Å². The van der Waals surface area contributed by atoms with Gasteiger partial charge in [-0.1, -0.05) is 60.7 Å². The Labute approximate surface area is 195 Å². The normalized spacial score (nSPS) is 17.5. The fraction of sp³-hybridized carbons (Fsp3) is 0.115. The van der Waals surface area contributed by atoms with Gasteiger partial charge in [-0.05, 0) is 29.8 Å². The predicted octanol–water partition coefficient (Wildman–Crippen LogP) is 2.95. The van der Waals surface area contributed by atoms with Crippen molar-refractivity contribution in [2.45, 2.75) is 12.1 Å². The van der Waals surface area contributed by atoms with Gasteiger partial charge in [0.1, 0.15) is 18.3 Å². The molecule has 2 atom stereocenters. The van der Waals surface area contributed by atoms with Crippen LogP contribution in [0.4, 0.5) is 11.4 Å². The number of fused-ring (bicyclic) bond motifs is 2. The maximum Gasteiger partial charge on any atom is 0.268 e. The zero-order valence-electron chi connectivity index (χ0n) is 18.2. The molecule has 8 nitrogen and oxygen atoms in total. The van der Waals surface area contributed by atoms with Crippen molar-refractivity contribution in [2.24, 2.45) is 5.73 Å². The first-order valence-electron chi connectivity index (χ1n) is 10.9. The van der Waals surface area contributed by atoms with Crippen LogP contribution in [0, 0.1) is 0 Å². The molecule has 2 heterocycles. The summed E-state index contributed by atoms with van der Waals surface area (Å²) in [5.74, 6) is -1.51. The van der Waals surface area contributed by atoms with Gasteiger partial charge in [-0.15, -0.1) is 0 Å². The molecule has 34 heavy (non-hydrogen) atoms. The van der Waals surface area contributed by atoms with Crippen LogP contribution in [0.15, 0.2) is 84.9 Å². The fourth-order valence-corrected chi connectivity index (χ4v) is 4.33. The largest absolute Gasteiger partial charge is 0.374 e. The van der Waals surface area contributed by atoms with Crippen LogP contribution in [0.3, 0.4) is 0 Å². The zero-order chi connectivity index (χ0) is 23.7. The minimum absolute atomic E-state index is 0.308. The number of aromatic nitrogens is 1.